The van der Waals surface area contributed by atoms with Crippen LogP contribution in [0.15, 0.2) is 12.1 Å². The second-order valence-electron chi connectivity index (χ2n) is 5.25. The summed E-state index contributed by atoms with van der Waals surface area (Å²) in [6.07, 6.45) is 6.54. The molecule has 4 heteroatoms. The fraction of sp³-hybridized carbons (Fsp3) is 0.600. The van der Waals surface area contributed by atoms with Crippen molar-refractivity contribution >= 4 is 23.2 Å². The van der Waals surface area contributed by atoms with Crippen molar-refractivity contribution in [2.24, 2.45) is 0 Å². The molecule has 0 heterocycles. The molecule has 1 N–H and O–H groups in total. The lowest BCUT2D eigenvalue weighted by molar-refractivity contribution is 0.156. The molecule has 0 atom stereocenters. The zero-order chi connectivity index (χ0) is 13.8. The fourth-order valence-corrected chi connectivity index (χ4v) is 3.31. The van der Waals surface area contributed by atoms with Crippen LogP contribution in [0.2, 0.25) is 10.0 Å². The SMILES string of the molecule is CCN(Cc1cc(O)c(Cl)cc1Cl)C1CCCCC1. The van der Waals surface area contributed by atoms with Crippen LogP contribution in [0.1, 0.15) is 44.6 Å². The summed E-state index contributed by atoms with van der Waals surface area (Å²) in [7, 11) is 0. The van der Waals surface area contributed by atoms with Crippen LogP contribution in [0.4, 0.5) is 0 Å². The van der Waals surface area contributed by atoms with Gasteiger partial charge in [0.15, 0.2) is 0 Å². The Morgan fingerprint density at radius 1 is 1.16 bits per heavy atom. The van der Waals surface area contributed by atoms with Gasteiger partial charge in [-0.15, -0.1) is 0 Å². The van der Waals surface area contributed by atoms with Gasteiger partial charge in [0.25, 0.3) is 0 Å². The number of halogens is 2. The van der Waals surface area contributed by atoms with Gasteiger partial charge in [0.1, 0.15) is 5.75 Å². The number of benzene rings is 1. The van der Waals surface area contributed by atoms with Crippen LogP contribution in [0.25, 0.3) is 0 Å². The monoisotopic (exact) mass is 301 g/mol. The molecule has 0 radical (unpaired) electrons. The Morgan fingerprint density at radius 2 is 1.84 bits per heavy atom. The van der Waals surface area contributed by atoms with E-state index in [2.05, 4.69) is 11.8 Å². The Labute approximate surface area is 125 Å². The summed E-state index contributed by atoms with van der Waals surface area (Å²) in [5.74, 6) is 0.112. The van der Waals surface area contributed by atoms with Crippen LogP contribution in [0.5, 0.6) is 5.75 Å². The Bertz CT molecular complexity index is 430. The molecule has 0 spiro atoms. The molecular weight excluding hydrogens is 281 g/mol. The molecule has 1 aromatic carbocycles. The number of phenols is 1. The van der Waals surface area contributed by atoms with E-state index in [9.17, 15) is 5.11 Å². The van der Waals surface area contributed by atoms with Gasteiger partial charge in [0.2, 0.25) is 0 Å². The van der Waals surface area contributed by atoms with Crippen LogP contribution in [0, 0.1) is 0 Å². The smallest absolute Gasteiger partial charge is 0.134 e. The summed E-state index contributed by atoms with van der Waals surface area (Å²) < 4.78 is 0. The topological polar surface area (TPSA) is 23.5 Å². The van der Waals surface area contributed by atoms with Crippen molar-refractivity contribution in [2.75, 3.05) is 6.54 Å². The first-order chi connectivity index (χ1) is 9.11. The molecule has 1 aliphatic carbocycles. The van der Waals surface area contributed by atoms with Gasteiger partial charge in [-0.1, -0.05) is 49.4 Å². The predicted molar refractivity (Wildman–Crippen MR) is 81.1 cm³/mol. The Kier molecular flexibility index (Phi) is 5.37. The van der Waals surface area contributed by atoms with Crippen LogP contribution in [0.3, 0.4) is 0 Å². The number of rotatable bonds is 4. The van der Waals surface area contributed by atoms with E-state index >= 15 is 0 Å². The maximum atomic E-state index is 9.71. The molecule has 0 saturated heterocycles. The average molecular weight is 302 g/mol. The zero-order valence-corrected chi connectivity index (χ0v) is 12.8. The highest BCUT2D eigenvalue weighted by atomic mass is 35.5. The molecule has 106 valence electrons. The molecule has 1 aromatic rings. The predicted octanol–water partition coefficient (Wildman–Crippen LogP) is 4.85. The highest BCUT2D eigenvalue weighted by Crippen LogP contribution is 2.32. The summed E-state index contributed by atoms with van der Waals surface area (Å²) in [5, 5.41) is 10.7. The van der Waals surface area contributed by atoms with Crippen LogP contribution in [-0.4, -0.2) is 22.6 Å². The lowest BCUT2D eigenvalue weighted by Gasteiger charge is -2.33. The van der Waals surface area contributed by atoms with Crippen LogP contribution in [-0.2, 0) is 6.54 Å². The number of phenolic OH excluding ortho intramolecular Hbond substituents is 1. The normalized spacial score (nSPS) is 17.1. The van der Waals surface area contributed by atoms with Gasteiger partial charge in [-0.05, 0) is 37.1 Å². The molecule has 2 nitrogen and oxygen atoms in total. The van der Waals surface area contributed by atoms with Crippen molar-refractivity contribution in [3.8, 4) is 5.75 Å². The van der Waals surface area contributed by atoms with E-state index < -0.39 is 0 Å². The lowest BCUT2D eigenvalue weighted by atomic mass is 9.94. The first kappa shape index (κ1) is 15.0. The van der Waals surface area contributed by atoms with E-state index in [1.165, 1.54) is 32.1 Å². The van der Waals surface area contributed by atoms with Crippen molar-refractivity contribution in [1.29, 1.82) is 0 Å². The minimum Gasteiger partial charge on any atom is -0.506 e. The lowest BCUT2D eigenvalue weighted by Crippen LogP contribution is -2.36. The van der Waals surface area contributed by atoms with Gasteiger partial charge in [-0.3, -0.25) is 4.90 Å². The molecule has 1 saturated carbocycles. The molecule has 0 unspecified atom stereocenters. The number of aromatic hydroxyl groups is 1. The summed E-state index contributed by atoms with van der Waals surface area (Å²) in [5.41, 5.74) is 0.955. The van der Waals surface area contributed by atoms with E-state index in [4.69, 9.17) is 23.2 Å². The molecule has 1 fully saturated rings. The molecule has 0 aliphatic heterocycles. The average Bonchev–Trinajstić information content (AvgIpc) is 2.42. The maximum absolute atomic E-state index is 9.71. The quantitative estimate of drug-likeness (QED) is 0.859. The van der Waals surface area contributed by atoms with Gasteiger partial charge in [0, 0.05) is 17.6 Å². The van der Waals surface area contributed by atoms with Crippen molar-refractivity contribution in [2.45, 2.75) is 51.6 Å². The number of hydrogen-bond acceptors (Lipinski definition) is 2. The van der Waals surface area contributed by atoms with E-state index in [0.717, 1.165) is 18.7 Å². The Morgan fingerprint density at radius 3 is 2.47 bits per heavy atom. The molecule has 0 amide bonds. The highest BCUT2D eigenvalue weighted by molar-refractivity contribution is 6.35. The van der Waals surface area contributed by atoms with Crippen molar-refractivity contribution in [3.05, 3.63) is 27.7 Å². The van der Waals surface area contributed by atoms with E-state index in [0.29, 0.717) is 16.1 Å². The van der Waals surface area contributed by atoms with E-state index in [1.54, 1.807) is 12.1 Å². The third kappa shape index (κ3) is 3.77. The minimum absolute atomic E-state index is 0.112. The van der Waals surface area contributed by atoms with Crippen molar-refractivity contribution < 1.29 is 5.11 Å². The zero-order valence-electron chi connectivity index (χ0n) is 11.3. The highest BCUT2D eigenvalue weighted by Gasteiger charge is 2.21. The molecule has 0 aromatic heterocycles. The fourth-order valence-electron chi connectivity index (χ4n) is 2.87. The third-order valence-corrected chi connectivity index (χ3v) is 4.64. The van der Waals surface area contributed by atoms with Gasteiger partial charge >= 0.3 is 0 Å². The Hall–Kier alpha value is -0.440. The second-order valence-corrected chi connectivity index (χ2v) is 6.06. The van der Waals surface area contributed by atoms with Crippen LogP contribution >= 0.6 is 23.2 Å². The van der Waals surface area contributed by atoms with E-state index in [-0.39, 0.29) is 5.75 Å². The van der Waals surface area contributed by atoms with Gasteiger partial charge in [0.05, 0.1) is 5.02 Å². The second kappa shape index (κ2) is 6.83. The van der Waals surface area contributed by atoms with Gasteiger partial charge < -0.3 is 5.11 Å². The number of hydrogen-bond donors (Lipinski definition) is 1. The molecule has 2 rings (SSSR count). The number of nitrogens with zero attached hydrogens (tertiary/aromatic N) is 1. The molecular formula is C15H21Cl2NO. The van der Waals surface area contributed by atoms with Gasteiger partial charge in [-0.2, -0.15) is 0 Å². The molecule has 19 heavy (non-hydrogen) atoms. The standard InChI is InChI=1S/C15H21Cl2NO/c1-2-18(12-6-4-3-5-7-12)10-11-8-15(19)14(17)9-13(11)16/h8-9,12,19H,2-7,10H2,1H3. The van der Waals surface area contributed by atoms with Crippen LogP contribution < -0.4 is 0 Å². The summed E-state index contributed by atoms with van der Waals surface area (Å²) in [6, 6.07) is 3.96. The first-order valence-electron chi connectivity index (χ1n) is 7.02. The van der Waals surface area contributed by atoms with Crippen molar-refractivity contribution in [3.63, 3.8) is 0 Å². The summed E-state index contributed by atoms with van der Waals surface area (Å²) in [4.78, 5) is 2.45. The van der Waals surface area contributed by atoms with Gasteiger partial charge in [-0.25, -0.2) is 0 Å². The Balaban J connectivity index is 2.11. The third-order valence-electron chi connectivity index (χ3n) is 3.99. The maximum Gasteiger partial charge on any atom is 0.134 e. The summed E-state index contributed by atoms with van der Waals surface area (Å²) in [6.45, 7) is 3.97. The molecule has 0 bridgehead atoms. The largest absolute Gasteiger partial charge is 0.506 e. The minimum atomic E-state index is 0.112. The molecule has 1 aliphatic rings. The van der Waals surface area contributed by atoms with Crippen molar-refractivity contribution in [1.82, 2.24) is 4.90 Å². The van der Waals surface area contributed by atoms with E-state index in [1.807, 2.05) is 0 Å². The summed E-state index contributed by atoms with van der Waals surface area (Å²) >= 11 is 12.1. The first-order valence-corrected chi connectivity index (χ1v) is 7.78.